The van der Waals surface area contributed by atoms with Gasteiger partial charge in [0, 0.05) is 24.2 Å². The van der Waals surface area contributed by atoms with Gasteiger partial charge in [-0.05, 0) is 74.4 Å². The minimum absolute atomic E-state index is 0.166. The van der Waals surface area contributed by atoms with Crippen molar-refractivity contribution < 1.29 is 23.8 Å². The predicted octanol–water partition coefficient (Wildman–Crippen LogP) is 5.71. The van der Waals surface area contributed by atoms with Crippen molar-refractivity contribution in [2.24, 2.45) is 0 Å². The third-order valence-corrected chi connectivity index (χ3v) is 8.07. The van der Waals surface area contributed by atoms with Gasteiger partial charge in [0.2, 0.25) is 5.78 Å². The van der Waals surface area contributed by atoms with Crippen molar-refractivity contribution in [1.29, 1.82) is 0 Å². The van der Waals surface area contributed by atoms with Gasteiger partial charge in [-0.15, -0.1) is 0 Å². The molecule has 6 nitrogen and oxygen atoms in total. The lowest BCUT2D eigenvalue weighted by Gasteiger charge is -2.42. The van der Waals surface area contributed by atoms with Gasteiger partial charge in [-0.2, -0.15) is 0 Å². The molecule has 1 amide bonds. The summed E-state index contributed by atoms with van der Waals surface area (Å²) >= 11 is 6.56. The summed E-state index contributed by atoms with van der Waals surface area (Å²) in [4.78, 5) is 28.0. The Bertz CT molecular complexity index is 1340. The number of carbonyl (C=O) groups is 2. The van der Waals surface area contributed by atoms with E-state index in [0.717, 1.165) is 43.2 Å². The second kappa shape index (κ2) is 11.5. The van der Waals surface area contributed by atoms with Crippen molar-refractivity contribution in [3.05, 3.63) is 88.7 Å². The van der Waals surface area contributed by atoms with Gasteiger partial charge in [-0.25, -0.2) is 4.39 Å². The van der Waals surface area contributed by atoms with Crippen LogP contribution in [0.4, 0.5) is 4.39 Å². The number of ether oxygens (including phenoxy) is 1. The molecule has 1 aliphatic heterocycles. The Balaban J connectivity index is 1.33. The van der Waals surface area contributed by atoms with Crippen molar-refractivity contribution in [1.82, 2.24) is 10.2 Å². The Labute approximate surface area is 232 Å². The van der Waals surface area contributed by atoms with Crippen molar-refractivity contribution in [2.45, 2.75) is 56.9 Å². The number of Topliss-reactive ketones (excluding diaryl/α,β-unsaturated/α-hetero) is 1. The van der Waals surface area contributed by atoms with Gasteiger partial charge in [0.15, 0.2) is 5.72 Å². The van der Waals surface area contributed by atoms with Crippen LogP contribution in [0.3, 0.4) is 0 Å². The Hall–Kier alpha value is -3.26. The molecule has 1 aliphatic carbocycles. The fourth-order valence-electron chi connectivity index (χ4n) is 5.21. The molecule has 1 saturated carbocycles. The molecule has 0 radical (unpaired) electrons. The summed E-state index contributed by atoms with van der Waals surface area (Å²) in [5.41, 5.74) is 0.768. The molecule has 39 heavy (non-hydrogen) atoms. The van der Waals surface area contributed by atoms with Crippen LogP contribution >= 0.6 is 11.6 Å². The maximum absolute atomic E-state index is 13.2. The number of carbonyl (C=O) groups excluding carboxylic acids is 2. The molecule has 0 bridgehead atoms. The zero-order chi connectivity index (χ0) is 27.6. The molecule has 2 N–H and O–H groups in total. The molecule has 2 atom stereocenters. The number of hydrogen-bond acceptors (Lipinski definition) is 5. The topological polar surface area (TPSA) is 78.9 Å². The van der Waals surface area contributed by atoms with Crippen LogP contribution in [-0.4, -0.2) is 46.9 Å². The van der Waals surface area contributed by atoms with Crippen molar-refractivity contribution >= 4 is 23.3 Å². The first-order valence-corrected chi connectivity index (χ1v) is 13.8. The van der Waals surface area contributed by atoms with E-state index in [0.29, 0.717) is 29.4 Å². The highest BCUT2D eigenvalue weighted by Crippen LogP contribution is 2.38. The highest BCUT2D eigenvalue weighted by Gasteiger charge is 2.44. The first kappa shape index (κ1) is 27.3. The van der Waals surface area contributed by atoms with E-state index in [4.69, 9.17) is 16.3 Å². The minimum Gasteiger partial charge on any atom is -0.489 e. The number of hydrogen-bond donors (Lipinski definition) is 2. The van der Waals surface area contributed by atoms with E-state index in [-0.39, 0.29) is 17.5 Å². The average molecular weight is 551 g/mol. The summed E-state index contributed by atoms with van der Waals surface area (Å²) in [6.07, 6.45) is 5.14. The Morgan fingerprint density at radius 1 is 1.00 bits per heavy atom. The lowest BCUT2D eigenvalue weighted by atomic mass is 9.93. The number of ketones is 1. The van der Waals surface area contributed by atoms with Gasteiger partial charge < -0.3 is 15.2 Å². The zero-order valence-corrected chi connectivity index (χ0v) is 22.6. The lowest BCUT2D eigenvalue weighted by molar-refractivity contribution is -0.139. The molecule has 8 heteroatoms. The molecule has 5 rings (SSSR count). The maximum atomic E-state index is 13.2. The molecule has 1 heterocycles. The van der Waals surface area contributed by atoms with Crippen LogP contribution in [0.15, 0.2) is 66.7 Å². The number of rotatable bonds is 9. The van der Waals surface area contributed by atoms with E-state index in [9.17, 15) is 19.1 Å². The fraction of sp³-hybridized carbons (Fsp3) is 0.355. The van der Waals surface area contributed by atoms with E-state index in [1.54, 1.807) is 61.5 Å². The van der Waals surface area contributed by atoms with Gasteiger partial charge in [0.1, 0.15) is 11.6 Å². The standard InChI is InChI=1S/C31H32ClFN2O4/c1-20(34-30(37)29(36)23-9-7-21(8-10-23)22-11-14-25(33)15-12-22)31(38,35-17-2-3-18-35)24-13-16-28(27(32)19-24)39-26-5-4-6-26/h7-16,19-20,26,38H,2-6,17-18H2,1H3,(H,34,37)/t20-,31+/m1/s1. The highest BCUT2D eigenvalue weighted by atomic mass is 35.5. The first-order valence-electron chi connectivity index (χ1n) is 13.4. The fourth-order valence-corrected chi connectivity index (χ4v) is 5.43. The summed E-state index contributed by atoms with van der Waals surface area (Å²) in [5, 5.41) is 15.2. The lowest BCUT2D eigenvalue weighted by Crippen LogP contribution is -2.59. The molecule has 2 aliphatic rings. The van der Waals surface area contributed by atoms with Gasteiger partial charge in [-0.3, -0.25) is 14.5 Å². The Morgan fingerprint density at radius 2 is 1.62 bits per heavy atom. The van der Waals surface area contributed by atoms with Crippen LogP contribution < -0.4 is 10.1 Å². The number of amides is 1. The number of nitrogens with zero attached hydrogens (tertiary/aromatic N) is 1. The van der Waals surface area contributed by atoms with Gasteiger partial charge in [-0.1, -0.05) is 54.1 Å². The van der Waals surface area contributed by atoms with E-state index >= 15 is 0 Å². The van der Waals surface area contributed by atoms with Crippen LogP contribution in [0, 0.1) is 5.82 Å². The van der Waals surface area contributed by atoms with Crippen molar-refractivity contribution in [3.63, 3.8) is 0 Å². The Morgan fingerprint density at radius 3 is 2.18 bits per heavy atom. The second-order valence-corrected chi connectivity index (χ2v) is 10.8. The molecule has 3 aromatic carbocycles. The number of halogens is 2. The van der Waals surface area contributed by atoms with Gasteiger partial charge in [0.05, 0.1) is 17.2 Å². The third-order valence-electron chi connectivity index (χ3n) is 7.77. The molecule has 0 aromatic heterocycles. The smallest absolute Gasteiger partial charge is 0.292 e. The molecule has 0 unspecified atom stereocenters. The van der Waals surface area contributed by atoms with E-state index in [2.05, 4.69) is 5.32 Å². The van der Waals surface area contributed by atoms with E-state index in [1.165, 1.54) is 12.1 Å². The molecule has 0 spiro atoms. The third kappa shape index (κ3) is 5.71. The normalized spacial score (nSPS) is 18.2. The summed E-state index contributed by atoms with van der Waals surface area (Å²) in [6.45, 7) is 2.98. The monoisotopic (exact) mass is 550 g/mol. The summed E-state index contributed by atoms with van der Waals surface area (Å²) in [6, 6.07) is 17.0. The maximum Gasteiger partial charge on any atom is 0.292 e. The highest BCUT2D eigenvalue weighted by molar-refractivity contribution is 6.42. The number of nitrogens with one attached hydrogen (secondary N) is 1. The Kier molecular flexibility index (Phi) is 8.03. The van der Waals surface area contributed by atoms with Crippen LogP contribution in [0.5, 0.6) is 5.75 Å². The summed E-state index contributed by atoms with van der Waals surface area (Å²) < 4.78 is 19.2. The van der Waals surface area contributed by atoms with Crippen LogP contribution in [0.1, 0.15) is 54.9 Å². The molecule has 204 valence electrons. The predicted molar refractivity (Wildman–Crippen MR) is 148 cm³/mol. The average Bonchev–Trinajstić information content (AvgIpc) is 3.46. The quantitative estimate of drug-likeness (QED) is 0.264. The van der Waals surface area contributed by atoms with Gasteiger partial charge in [0.25, 0.3) is 5.91 Å². The van der Waals surface area contributed by atoms with E-state index in [1.807, 2.05) is 4.90 Å². The van der Waals surface area contributed by atoms with E-state index < -0.39 is 23.5 Å². The summed E-state index contributed by atoms with van der Waals surface area (Å²) in [5.74, 6) is -1.28. The summed E-state index contributed by atoms with van der Waals surface area (Å²) in [7, 11) is 0. The molecule has 1 saturated heterocycles. The van der Waals surface area contributed by atoms with Crippen LogP contribution in [0.25, 0.3) is 11.1 Å². The van der Waals surface area contributed by atoms with Crippen molar-refractivity contribution in [2.75, 3.05) is 13.1 Å². The van der Waals surface area contributed by atoms with Crippen molar-refractivity contribution in [3.8, 4) is 16.9 Å². The molecule has 3 aromatic rings. The largest absolute Gasteiger partial charge is 0.489 e. The van der Waals surface area contributed by atoms with Gasteiger partial charge >= 0.3 is 0 Å². The van der Waals surface area contributed by atoms with Crippen LogP contribution in [-0.2, 0) is 10.5 Å². The minimum atomic E-state index is -1.57. The number of benzene rings is 3. The zero-order valence-electron chi connectivity index (χ0n) is 21.8. The molecule has 2 fully saturated rings. The second-order valence-electron chi connectivity index (χ2n) is 10.3. The molecular formula is C31H32ClFN2O4. The first-order chi connectivity index (χ1) is 18.8. The SMILES string of the molecule is C[C@@H](NC(=O)C(=O)c1ccc(-c2ccc(F)cc2)cc1)[C@](O)(c1ccc(OC2CCC2)c(Cl)c1)N1CCCC1. The van der Waals surface area contributed by atoms with Crippen LogP contribution in [0.2, 0.25) is 5.02 Å². The number of likely N-dealkylation sites (tertiary alicyclic amines) is 1. The number of aliphatic hydroxyl groups is 1. The molecular weight excluding hydrogens is 519 g/mol.